The SMILES string of the molecule is CCN(CC)C(=O)Nc1ccc(C(F)(F)F)nc1. The Bertz CT molecular complexity index is 399. The zero-order valence-corrected chi connectivity index (χ0v) is 10.1. The summed E-state index contributed by atoms with van der Waals surface area (Å²) in [6.45, 7) is 4.68. The van der Waals surface area contributed by atoms with Gasteiger partial charge in [0.1, 0.15) is 5.69 Å². The van der Waals surface area contributed by atoms with Crippen molar-refractivity contribution >= 4 is 11.7 Å². The van der Waals surface area contributed by atoms with Crippen LogP contribution in [0, 0.1) is 0 Å². The second-order valence-electron chi connectivity index (χ2n) is 3.53. The topological polar surface area (TPSA) is 45.2 Å². The van der Waals surface area contributed by atoms with Gasteiger partial charge in [0.2, 0.25) is 0 Å². The van der Waals surface area contributed by atoms with Crippen molar-refractivity contribution < 1.29 is 18.0 Å². The van der Waals surface area contributed by atoms with Crippen LogP contribution in [-0.4, -0.2) is 29.0 Å². The molecule has 4 nitrogen and oxygen atoms in total. The Balaban J connectivity index is 2.72. The summed E-state index contributed by atoms with van der Waals surface area (Å²) < 4.78 is 36.8. The first-order valence-corrected chi connectivity index (χ1v) is 5.47. The summed E-state index contributed by atoms with van der Waals surface area (Å²) in [5, 5.41) is 2.48. The quantitative estimate of drug-likeness (QED) is 0.909. The van der Waals surface area contributed by atoms with Crippen LogP contribution >= 0.6 is 0 Å². The summed E-state index contributed by atoms with van der Waals surface area (Å²) in [6.07, 6.45) is -3.48. The van der Waals surface area contributed by atoms with Crippen LogP contribution < -0.4 is 5.32 Å². The minimum atomic E-state index is -4.47. The molecule has 0 aliphatic carbocycles. The number of amides is 2. The number of anilines is 1. The highest BCUT2D eigenvalue weighted by Gasteiger charge is 2.32. The van der Waals surface area contributed by atoms with E-state index in [9.17, 15) is 18.0 Å². The van der Waals surface area contributed by atoms with Crippen LogP contribution in [0.25, 0.3) is 0 Å². The van der Waals surface area contributed by atoms with Gasteiger partial charge in [0.25, 0.3) is 0 Å². The molecule has 0 fully saturated rings. The van der Waals surface area contributed by atoms with Crippen LogP contribution in [0.2, 0.25) is 0 Å². The largest absolute Gasteiger partial charge is 0.433 e. The molecule has 0 saturated carbocycles. The van der Waals surface area contributed by atoms with Gasteiger partial charge in [-0.2, -0.15) is 13.2 Å². The lowest BCUT2D eigenvalue weighted by atomic mass is 10.3. The van der Waals surface area contributed by atoms with Crippen molar-refractivity contribution in [1.29, 1.82) is 0 Å². The molecule has 1 aromatic heterocycles. The highest BCUT2D eigenvalue weighted by atomic mass is 19.4. The number of alkyl halides is 3. The molecule has 0 aliphatic rings. The third-order valence-electron chi connectivity index (χ3n) is 2.36. The average molecular weight is 261 g/mol. The van der Waals surface area contributed by atoms with Crippen LogP contribution in [-0.2, 0) is 6.18 Å². The molecule has 0 saturated heterocycles. The predicted molar refractivity (Wildman–Crippen MR) is 61.2 cm³/mol. The van der Waals surface area contributed by atoms with Gasteiger partial charge in [-0.1, -0.05) is 0 Å². The van der Waals surface area contributed by atoms with E-state index in [1.165, 1.54) is 11.0 Å². The van der Waals surface area contributed by atoms with Crippen LogP contribution in [0.3, 0.4) is 0 Å². The smallest absolute Gasteiger partial charge is 0.325 e. The Morgan fingerprint density at radius 2 is 1.94 bits per heavy atom. The van der Waals surface area contributed by atoms with E-state index in [1.54, 1.807) is 0 Å². The number of halogens is 3. The van der Waals surface area contributed by atoms with Crippen molar-refractivity contribution in [3.05, 3.63) is 24.0 Å². The number of urea groups is 1. The second kappa shape index (κ2) is 5.70. The van der Waals surface area contributed by atoms with Crippen molar-refractivity contribution in [3.8, 4) is 0 Å². The Labute approximate surface area is 103 Å². The number of aromatic nitrogens is 1. The molecule has 100 valence electrons. The molecule has 0 aromatic carbocycles. The molecule has 1 aromatic rings. The van der Waals surface area contributed by atoms with E-state index in [0.29, 0.717) is 13.1 Å². The molecule has 0 bridgehead atoms. The molecule has 7 heteroatoms. The molecule has 1 rings (SSSR count). The van der Waals surface area contributed by atoms with Crippen molar-refractivity contribution in [3.63, 3.8) is 0 Å². The Kier molecular flexibility index (Phi) is 4.52. The molecule has 0 atom stereocenters. The van der Waals surface area contributed by atoms with Crippen LogP contribution in [0.5, 0.6) is 0 Å². The summed E-state index contributed by atoms with van der Waals surface area (Å²) in [5.74, 6) is 0. The minimum absolute atomic E-state index is 0.236. The number of carbonyl (C=O) groups is 1. The number of hydrogen-bond acceptors (Lipinski definition) is 2. The highest BCUT2D eigenvalue weighted by molar-refractivity contribution is 5.89. The van der Waals surface area contributed by atoms with Gasteiger partial charge in [0.15, 0.2) is 0 Å². The fraction of sp³-hybridized carbons (Fsp3) is 0.455. The molecular weight excluding hydrogens is 247 g/mol. The molecule has 1 heterocycles. The van der Waals surface area contributed by atoms with Gasteiger partial charge >= 0.3 is 12.2 Å². The van der Waals surface area contributed by atoms with Crippen LogP contribution in [0.4, 0.5) is 23.7 Å². The molecule has 0 unspecified atom stereocenters. The summed E-state index contributed by atoms with van der Waals surface area (Å²) in [4.78, 5) is 16.4. The minimum Gasteiger partial charge on any atom is -0.325 e. The van der Waals surface area contributed by atoms with Gasteiger partial charge in [0.05, 0.1) is 11.9 Å². The molecule has 0 aliphatic heterocycles. The first-order chi connectivity index (χ1) is 8.38. The number of nitrogens with one attached hydrogen (secondary N) is 1. The van der Waals surface area contributed by atoms with Crippen molar-refractivity contribution in [2.24, 2.45) is 0 Å². The predicted octanol–water partition coefficient (Wildman–Crippen LogP) is 2.97. The van der Waals surface area contributed by atoms with Gasteiger partial charge in [-0.05, 0) is 26.0 Å². The van der Waals surface area contributed by atoms with E-state index in [0.717, 1.165) is 12.3 Å². The normalized spacial score (nSPS) is 11.2. The van der Waals surface area contributed by atoms with Crippen molar-refractivity contribution in [2.45, 2.75) is 20.0 Å². The zero-order chi connectivity index (χ0) is 13.8. The fourth-order valence-corrected chi connectivity index (χ4v) is 1.35. The van der Waals surface area contributed by atoms with Crippen molar-refractivity contribution in [1.82, 2.24) is 9.88 Å². The van der Waals surface area contributed by atoms with Crippen LogP contribution in [0.1, 0.15) is 19.5 Å². The third-order valence-corrected chi connectivity index (χ3v) is 2.36. The van der Waals surface area contributed by atoms with E-state index < -0.39 is 11.9 Å². The summed E-state index contributed by atoms with van der Waals surface area (Å²) in [7, 11) is 0. The summed E-state index contributed by atoms with van der Waals surface area (Å²) in [5.41, 5.74) is -0.747. The standard InChI is InChI=1S/C11H14F3N3O/c1-3-17(4-2)10(18)16-8-5-6-9(15-7-8)11(12,13)14/h5-7H,3-4H2,1-2H3,(H,16,18). The molecule has 18 heavy (non-hydrogen) atoms. The maximum Gasteiger partial charge on any atom is 0.433 e. The van der Waals surface area contributed by atoms with Gasteiger partial charge < -0.3 is 10.2 Å². The Morgan fingerprint density at radius 3 is 2.33 bits per heavy atom. The highest BCUT2D eigenvalue weighted by Crippen LogP contribution is 2.27. The lowest BCUT2D eigenvalue weighted by molar-refractivity contribution is -0.141. The first kappa shape index (κ1) is 14.3. The maximum atomic E-state index is 12.3. The molecule has 1 N–H and O–H groups in total. The maximum absolute atomic E-state index is 12.3. The van der Waals surface area contributed by atoms with Crippen molar-refractivity contribution in [2.75, 3.05) is 18.4 Å². The summed E-state index contributed by atoms with van der Waals surface area (Å²) >= 11 is 0. The van der Waals surface area contributed by atoms with Gasteiger partial charge in [0, 0.05) is 13.1 Å². The van der Waals surface area contributed by atoms with E-state index in [4.69, 9.17) is 0 Å². The third kappa shape index (κ3) is 3.61. The van der Waals surface area contributed by atoms with E-state index in [1.807, 2.05) is 13.8 Å². The van der Waals surface area contributed by atoms with Gasteiger partial charge in [-0.15, -0.1) is 0 Å². The second-order valence-corrected chi connectivity index (χ2v) is 3.53. The summed E-state index contributed by atoms with van der Waals surface area (Å²) in [6, 6.07) is 1.65. The molecule has 0 radical (unpaired) electrons. The van der Waals surface area contributed by atoms with E-state index in [2.05, 4.69) is 10.3 Å². The monoisotopic (exact) mass is 261 g/mol. The number of rotatable bonds is 3. The average Bonchev–Trinajstić information content (AvgIpc) is 2.30. The number of pyridine rings is 1. The Morgan fingerprint density at radius 1 is 1.33 bits per heavy atom. The molecule has 2 amide bonds. The Hall–Kier alpha value is -1.79. The lowest BCUT2D eigenvalue weighted by Crippen LogP contribution is -2.34. The van der Waals surface area contributed by atoms with Gasteiger partial charge in [-0.25, -0.2) is 9.78 Å². The van der Waals surface area contributed by atoms with Gasteiger partial charge in [-0.3, -0.25) is 0 Å². The zero-order valence-electron chi connectivity index (χ0n) is 10.1. The first-order valence-electron chi connectivity index (χ1n) is 5.47. The number of hydrogen-bond donors (Lipinski definition) is 1. The molecular formula is C11H14F3N3O. The number of carbonyl (C=O) groups excluding carboxylic acids is 1. The van der Waals surface area contributed by atoms with E-state index in [-0.39, 0.29) is 11.7 Å². The lowest BCUT2D eigenvalue weighted by Gasteiger charge is -2.19. The molecule has 0 spiro atoms. The number of nitrogens with zero attached hydrogens (tertiary/aromatic N) is 2. The fourth-order valence-electron chi connectivity index (χ4n) is 1.35. The van der Waals surface area contributed by atoms with Crippen LogP contribution in [0.15, 0.2) is 18.3 Å². The van der Waals surface area contributed by atoms with E-state index >= 15 is 0 Å².